The summed E-state index contributed by atoms with van der Waals surface area (Å²) in [6.07, 6.45) is 0.974. The number of para-hydroxylation sites is 1. The SMILES string of the molecule is CCc1cc2c3cc(-c4ccc(-c5cccc(-c6cccc(-c7ccc8c(c7)c7cc(C)cc9c%10ccccc%10n8c97)c6)c5)cc4)ccc3n3c4ccc(-c5cccc(-c6cccc(-c7ccccc7)c6)c5)cc4c(c1)c23. The fourth-order valence-electron chi connectivity index (χ4n) is 13.0. The highest BCUT2D eigenvalue weighted by molar-refractivity contribution is 6.25. The molecule has 360 valence electrons. The van der Waals surface area contributed by atoms with Gasteiger partial charge in [-0.15, -0.1) is 0 Å². The minimum atomic E-state index is 0.974. The highest BCUT2D eigenvalue weighted by atomic mass is 14.9. The van der Waals surface area contributed by atoms with Crippen LogP contribution >= 0.6 is 0 Å². The highest BCUT2D eigenvalue weighted by Gasteiger charge is 2.21. The average Bonchev–Trinajstić information content (AvgIpc) is 4.35. The topological polar surface area (TPSA) is 8.82 Å². The number of hydrogen-bond donors (Lipinski definition) is 0. The molecule has 0 aliphatic carbocycles. The van der Waals surface area contributed by atoms with Gasteiger partial charge in [0.15, 0.2) is 0 Å². The molecule has 16 aromatic rings. The van der Waals surface area contributed by atoms with Gasteiger partial charge in [-0.2, -0.15) is 0 Å². The lowest BCUT2D eigenvalue weighted by Gasteiger charge is -2.10. The zero-order valence-electron chi connectivity index (χ0n) is 42.9. The Bertz CT molecular complexity index is 5010. The van der Waals surface area contributed by atoms with Crippen molar-refractivity contribution in [1.82, 2.24) is 8.80 Å². The van der Waals surface area contributed by atoms with Crippen molar-refractivity contribution in [3.63, 3.8) is 0 Å². The molecule has 12 aromatic carbocycles. The van der Waals surface area contributed by atoms with Crippen LogP contribution in [0.15, 0.2) is 255 Å². The van der Waals surface area contributed by atoms with Crippen molar-refractivity contribution >= 4 is 76.2 Å². The number of aromatic nitrogens is 2. The van der Waals surface area contributed by atoms with Gasteiger partial charge in [0, 0.05) is 43.1 Å². The Labute approximate surface area is 446 Å². The Morgan fingerprint density at radius 3 is 0.961 bits per heavy atom. The maximum absolute atomic E-state index is 2.51. The number of hydrogen-bond acceptors (Lipinski definition) is 0. The smallest absolute Gasteiger partial charge is 0.0620 e. The summed E-state index contributed by atoms with van der Waals surface area (Å²) in [4.78, 5) is 0. The van der Waals surface area contributed by atoms with Crippen molar-refractivity contribution in [3.8, 4) is 77.9 Å². The molecule has 0 radical (unpaired) electrons. The molecule has 0 unspecified atom stereocenters. The fourth-order valence-corrected chi connectivity index (χ4v) is 13.0. The van der Waals surface area contributed by atoms with Crippen LogP contribution in [0.1, 0.15) is 18.1 Å². The van der Waals surface area contributed by atoms with Gasteiger partial charge in [-0.05, 0) is 193 Å². The van der Waals surface area contributed by atoms with Gasteiger partial charge in [0.1, 0.15) is 0 Å². The summed E-state index contributed by atoms with van der Waals surface area (Å²) in [5.41, 5.74) is 27.3. The van der Waals surface area contributed by atoms with Crippen molar-refractivity contribution < 1.29 is 0 Å². The summed E-state index contributed by atoms with van der Waals surface area (Å²) in [5.74, 6) is 0. The summed E-state index contributed by atoms with van der Waals surface area (Å²) in [5, 5.41) is 10.5. The first-order chi connectivity index (χ1) is 38.0. The molecule has 0 amide bonds. The summed E-state index contributed by atoms with van der Waals surface area (Å²) in [6.45, 7) is 4.49. The third-order valence-electron chi connectivity index (χ3n) is 16.7. The van der Waals surface area contributed by atoms with E-state index < -0.39 is 0 Å². The molecular weight excluding hydrogens is 929 g/mol. The van der Waals surface area contributed by atoms with E-state index in [2.05, 4.69) is 277 Å². The summed E-state index contributed by atoms with van der Waals surface area (Å²) in [6, 6.07) is 95.2. The van der Waals surface area contributed by atoms with Gasteiger partial charge in [-0.25, -0.2) is 0 Å². The van der Waals surface area contributed by atoms with Crippen LogP contribution in [0.2, 0.25) is 0 Å². The zero-order valence-corrected chi connectivity index (χ0v) is 42.9. The van der Waals surface area contributed by atoms with Crippen LogP contribution in [0.25, 0.3) is 154 Å². The number of rotatable bonds is 8. The predicted octanol–water partition coefficient (Wildman–Crippen LogP) is 20.5. The lowest BCUT2D eigenvalue weighted by Crippen LogP contribution is -1.85. The minimum Gasteiger partial charge on any atom is -0.308 e. The van der Waals surface area contributed by atoms with E-state index in [1.54, 1.807) is 0 Å². The second-order valence-corrected chi connectivity index (χ2v) is 21.3. The fraction of sp³-hybridized carbons (Fsp3) is 0.0400. The molecule has 0 aliphatic rings. The van der Waals surface area contributed by atoms with Gasteiger partial charge in [-0.1, -0.05) is 171 Å². The molecule has 0 N–H and O–H groups in total. The molecule has 0 atom stereocenters. The van der Waals surface area contributed by atoms with Crippen LogP contribution in [-0.4, -0.2) is 8.80 Å². The lowest BCUT2D eigenvalue weighted by atomic mass is 9.94. The Morgan fingerprint density at radius 2 is 0.532 bits per heavy atom. The zero-order chi connectivity index (χ0) is 50.9. The summed E-state index contributed by atoms with van der Waals surface area (Å²) in [7, 11) is 0. The summed E-state index contributed by atoms with van der Waals surface area (Å²) < 4.78 is 4.97. The molecule has 16 rings (SSSR count). The van der Waals surface area contributed by atoms with E-state index in [1.807, 2.05) is 0 Å². The van der Waals surface area contributed by atoms with Gasteiger partial charge in [0.2, 0.25) is 0 Å². The van der Waals surface area contributed by atoms with E-state index in [1.165, 1.54) is 165 Å². The van der Waals surface area contributed by atoms with Crippen molar-refractivity contribution in [3.05, 3.63) is 266 Å². The lowest BCUT2D eigenvalue weighted by molar-refractivity contribution is 1.15. The monoisotopic (exact) mass is 978 g/mol. The van der Waals surface area contributed by atoms with Crippen molar-refractivity contribution in [2.75, 3.05) is 0 Å². The molecule has 4 aromatic heterocycles. The number of nitrogens with zero attached hydrogens (tertiary/aromatic N) is 2. The number of benzene rings is 12. The van der Waals surface area contributed by atoms with E-state index in [0.29, 0.717) is 0 Å². The first-order valence-corrected chi connectivity index (χ1v) is 27.0. The molecule has 0 spiro atoms. The Hall–Kier alpha value is -9.76. The van der Waals surface area contributed by atoms with Gasteiger partial charge >= 0.3 is 0 Å². The van der Waals surface area contributed by atoms with Crippen LogP contribution < -0.4 is 0 Å². The van der Waals surface area contributed by atoms with Gasteiger partial charge < -0.3 is 8.80 Å². The van der Waals surface area contributed by atoms with Gasteiger partial charge in [-0.3, -0.25) is 0 Å². The third kappa shape index (κ3) is 6.82. The van der Waals surface area contributed by atoms with Gasteiger partial charge in [0.05, 0.1) is 33.1 Å². The van der Waals surface area contributed by atoms with E-state index in [-0.39, 0.29) is 0 Å². The van der Waals surface area contributed by atoms with Crippen LogP contribution in [-0.2, 0) is 6.42 Å². The van der Waals surface area contributed by atoms with E-state index in [0.717, 1.165) is 6.42 Å². The molecule has 0 bridgehead atoms. The maximum atomic E-state index is 2.51. The molecule has 0 aliphatic heterocycles. The molecule has 2 nitrogen and oxygen atoms in total. The summed E-state index contributed by atoms with van der Waals surface area (Å²) >= 11 is 0. The van der Waals surface area contributed by atoms with Crippen LogP contribution in [0.3, 0.4) is 0 Å². The quantitative estimate of drug-likeness (QED) is 0.143. The second kappa shape index (κ2) is 16.9. The Kier molecular flexibility index (Phi) is 9.56. The van der Waals surface area contributed by atoms with Crippen molar-refractivity contribution in [2.45, 2.75) is 20.3 Å². The van der Waals surface area contributed by atoms with E-state index >= 15 is 0 Å². The van der Waals surface area contributed by atoms with Crippen molar-refractivity contribution in [2.24, 2.45) is 0 Å². The Balaban J connectivity index is 0.705. The standard InChI is InChI=1S/C75H50N2/c1-3-47-37-68-64-43-59(29-32-72(64)77-73-34-31-61(45-65(73)69(38-47)75(68)77)58-22-11-19-55(41-58)53-17-9-15-51(39-53)48-13-5-4-6-14-48)50-27-25-49(26-28-50)52-16-10-18-54(40-52)56-20-12-21-57(42-56)60-30-33-71-63(44-60)67-36-46(2)35-66-62-23-7-8-24-70(62)76(71)74(66)67/h4-45H,3H2,1-2H3. The minimum absolute atomic E-state index is 0.974. The van der Waals surface area contributed by atoms with E-state index in [4.69, 9.17) is 0 Å². The van der Waals surface area contributed by atoms with Crippen LogP contribution in [0, 0.1) is 6.92 Å². The molecule has 0 saturated heterocycles. The third-order valence-corrected chi connectivity index (χ3v) is 16.7. The molecule has 2 heteroatoms. The average molecular weight is 979 g/mol. The number of aryl methyl sites for hydroxylation is 2. The van der Waals surface area contributed by atoms with Crippen LogP contribution in [0.5, 0.6) is 0 Å². The molecule has 4 heterocycles. The molecule has 77 heavy (non-hydrogen) atoms. The van der Waals surface area contributed by atoms with Crippen molar-refractivity contribution in [1.29, 1.82) is 0 Å². The number of fused-ring (bicyclic) bond motifs is 12. The maximum Gasteiger partial charge on any atom is 0.0620 e. The molecule has 0 fully saturated rings. The normalized spacial score (nSPS) is 12.1. The van der Waals surface area contributed by atoms with E-state index in [9.17, 15) is 0 Å². The molecule has 0 saturated carbocycles. The first kappa shape index (κ1) is 43.6. The van der Waals surface area contributed by atoms with Crippen LogP contribution in [0.4, 0.5) is 0 Å². The highest BCUT2D eigenvalue weighted by Crippen LogP contribution is 2.45. The predicted molar refractivity (Wildman–Crippen MR) is 328 cm³/mol. The molecular formula is C75H50N2. The Morgan fingerprint density at radius 1 is 0.234 bits per heavy atom. The first-order valence-electron chi connectivity index (χ1n) is 27.0. The largest absolute Gasteiger partial charge is 0.308 e. The van der Waals surface area contributed by atoms with Gasteiger partial charge in [0.25, 0.3) is 0 Å². The second-order valence-electron chi connectivity index (χ2n) is 21.3.